The van der Waals surface area contributed by atoms with Gasteiger partial charge in [0.15, 0.2) is 11.6 Å². The summed E-state index contributed by atoms with van der Waals surface area (Å²) in [6, 6.07) is 0. The molecule has 0 aromatic carbocycles. The molecule has 11 atom stereocenters. The first kappa shape index (κ1) is 27.7. The van der Waals surface area contributed by atoms with Crippen LogP contribution in [-0.4, -0.2) is 69.9 Å². The quantitative estimate of drug-likeness (QED) is 0.452. The van der Waals surface area contributed by atoms with Crippen molar-refractivity contribution in [3.05, 3.63) is 11.6 Å². The molecule has 2 bridgehead atoms. The Morgan fingerprint density at radius 3 is 2.42 bits per heavy atom. The summed E-state index contributed by atoms with van der Waals surface area (Å²) in [7, 11) is 0. The van der Waals surface area contributed by atoms with Crippen molar-refractivity contribution in [1.29, 1.82) is 0 Å². The van der Waals surface area contributed by atoms with Gasteiger partial charge < -0.3 is 29.5 Å². The van der Waals surface area contributed by atoms with Crippen LogP contribution in [-0.2, 0) is 28.6 Å². The van der Waals surface area contributed by atoms with E-state index in [1.807, 2.05) is 27.7 Å². The van der Waals surface area contributed by atoms with Crippen LogP contribution in [0.1, 0.15) is 61.3 Å². The molecule has 4 fully saturated rings. The smallest absolute Gasteiger partial charge is 0.348 e. The third kappa shape index (κ3) is 3.40. The summed E-state index contributed by atoms with van der Waals surface area (Å²) >= 11 is 0. The first-order valence-electron chi connectivity index (χ1n) is 14.0. The second-order valence-electron chi connectivity index (χ2n) is 13.5. The molecule has 2 saturated heterocycles. The van der Waals surface area contributed by atoms with Crippen molar-refractivity contribution in [3.63, 3.8) is 0 Å². The summed E-state index contributed by atoms with van der Waals surface area (Å²) in [6.45, 7) is 13.4. The van der Waals surface area contributed by atoms with Crippen LogP contribution in [0, 0.1) is 52.3 Å². The molecule has 0 amide bonds. The maximum atomic E-state index is 13.5. The normalized spacial score (nSPS) is 47.6. The van der Waals surface area contributed by atoms with E-state index in [4.69, 9.17) is 14.2 Å². The van der Waals surface area contributed by atoms with Gasteiger partial charge in [-0.25, -0.2) is 4.79 Å². The number of allylic oxidation sites excluding steroid dienone is 1. The van der Waals surface area contributed by atoms with E-state index in [2.05, 4.69) is 0 Å². The minimum Gasteiger partial charge on any atom is -0.459 e. The zero-order valence-electron chi connectivity index (χ0n) is 23.3. The lowest BCUT2D eigenvalue weighted by Gasteiger charge is -2.68. The highest BCUT2D eigenvalue weighted by Gasteiger charge is 2.83. The minimum absolute atomic E-state index is 0.0567. The molecule has 0 aromatic heterocycles. The highest BCUT2D eigenvalue weighted by Crippen LogP contribution is 2.73. The largest absolute Gasteiger partial charge is 0.459 e. The molecule has 5 aliphatic rings. The average molecular weight is 535 g/mol. The number of hydrogen-bond acceptors (Lipinski definition) is 9. The Labute approximate surface area is 223 Å². The molecule has 0 unspecified atom stereocenters. The number of hydrogen-bond donors (Lipinski definition) is 3. The van der Waals surface area contributed by atoms with Crippen LogP contribution >= 0.6 is 0 Å². The van der Waals surface area contributed by atoms with Gasteiger partial charge in [0.2, 0.25) is 6.10 Å². The Balaban J connectivity index is 1.59. The average Bonchev–Trinajstić information content (AvgIpc) is 3.12. The fraction of sp³-hybridized carbons (Fsp3) is 0.828. The van der Waals surface area contributed by atoms with Gasteiger partial charge in [-0.15, -0.1) is 0 Å². The molecule has 1 spiro atoms. The number of esters is 2. The van der Waals surface area contributed by atoms with Gasteiger partial charge in [0.05, 0.1) is 6.61 Å². The van der Waals surface area contributed by atoms with Gasteiger partial charge >= 0.3 is 11.9 Å². The molecule has 212 valence electrons. The van der Waals surface area contributed by atoms with E-state index in [9.17, 15) is 29.7 Å². The summed E-state index contributed by atoms with van der Waals surface area (Å²) in [5.74, 6) is -5.95. The second-order valence-corrected chi connectivity index (χ2v) is 13.5. The summed E-state index contributed by atoms with van der Waals surface area (Å²) < 4.78 is 17.9. The number of fused-ring (bicyclic) bond motifs is 1. The first-order chi connectivity index (χ1) is 17.6. The molecule has 5 rings (SSSR count). The van der Waals surface area contributed by atoms with E-state index in [0.717, 1.165) is 5.57 Å². The van der Waals surface area contributed by atoms with Gasteiger partial charge in [0.25, 0.3) is 0 Å². The molecular weight excluding hydrogens is 492 g/mol. The highest BCUT2D eigenvalue weighted by molar-refractivity contribution is 5.96. The van der Waals surface area contributed by atoms with E-state index in [1.54, 1.807) is 20.8 Å². The summed E-state index contributed by atoms with van der Waals surface area (Å²) in [4.78, 5) is 39.6. The van der Waals surface area contributed by atoms with Gasteiger partial charge in [-0.2, -0.15) is 0 Å². The lowest BCUT2D eigenvalue weighted by molar-refractivity contribution is -0.340. The minimum atomic E-state index is -2.07. The maximum Gasteiger partial charge on any atom is 0.348 e. The van der Waals surface area contributed by atoms with Gasteiger partial charge in [-0.05, 0) is 49.0 Å². The van der Waals surface area contributed by atoms with E-state index >= 15 is 0 Å². The van der Waals surface area contributed by atoms with Crippen LogP contribution < -0.4 is 0 Å². The third-order valence-electron chi connectivity index (χ3n) is 11.0. The fourth-order valence-corrected chi connectivity index (χ4v) is 9.36. The monoisotopic (exact) mass is 534 g/mol. The summed E-state index contributed by atoms with van der Waals surface area (Å²) in [6.07, 6.45) is -3.01. The standard InChI is InChI=1S/C29H42O9/c1-12(2)16(13(3)4)9-20(31)38-22-21-15(6)23(32)29(35)26-27(7)17(14(5)8-18(30)24(27)33)10-19(37-25(22)34)28(21,26)11-36-29/h8,12-13,15-17,19,21-24,26,32-33,35H,9-11H2,1-7H3/t15-,17+,19-,21-,22-,23-,24-,26-,27-,28+,29-/m1/s1. The highest BCUT2D eigenvalue weighted by atomic mass is 16.7. The van der Waals surface area contributed by atoms with Crippen molar-refractivity contribution < 1.29 is 43.9 Å². The Bertz CT molecular complexity index is 1060. The molecule has 2 aliphatic heterocycles. The fourth-order valence-electron chi connectivity index (χ4n) is 9.36. The van der Waals surface area contributed by atoms with Crippen LogP contribution in [0.3, 0.4) is 0 Å². The predicted molar refractivity (Wildman–Crippen MR) is 134 cm³/mol. The van der Waals surface area contributed by atoms with Crippen LogP contribution in [0.4, 0.5) is 0 Å². The van der Waals surface area contributed by atoms with Gasteiger partial charge in [0.1, 0.15) is 18.3 Å². The topological polar surface area (TPSA) is 140 Å². The van der Waals surface area contributed by atoms with Crippen LogP contribution in [0.25, 0.3) is 0 Å². The zero-order valence-corrected chi connectivity index (χ0v) is 23.3. The number of carbonyl (C=O) groups is 3. The van der Waals surface area contributed by atoms with E-state index < -0.39 is 82.4 Å². The van der Waals surface area contributed by atoms with Crippen molar-refractivity contribution >= 4 is 17.7 Å². The second kappa shape index (κ2) is 8.85. The number of aliphatic hydroxyl groups is 3. The van der Waals surface area contributed by atoms with Crippen molar-refractivity contribution in [2.24, 2.45) is 52.3 Å². The third-order valence-corrected chi connectivity index (χ3v) is 11.0. The van der Waals surface area contributed by atoms with Gasteiger partial charge in [0, 0.05) is 29.1 Å². The Hall–Kier alpha value is -1.81. The van der Waals surface area contributed by atoms with E-state index in [0.29, 0.717) is 6.42 Å². The number of carbonyl (C=O) groups excluding carboxylic acids is 3. The molecule has 3 aliphatic carbocycles. The Morgan fingerprint density at radius 2 is 1.82 bits per heavy atom. The number of ketones is 1. The molecule has 0 aromatic rings. The number of ether oxygens (including phenoxy) is 3. The van der Waals surface area contributed by atoms with Crippen LogP contribution in [0.2, 0.25) is 0 Å². The Kier molecular flexibility index (Phi) is 6.46. The van der Waals surface area contributed by atoms with Crippen molar-refractivity contribution in [3.8, 4) is 0 Å². The Morgan fingerprint density at radius 1 is 1.18 bits per heavy atom. The molecule has 2 heterocycles. The van der Waals surface area contributed by atoms with Crippen LogP contribution in [0.5, 0.6) is 0 Å². The first-order valence-corrected chi connectivity index (χ1v) is 14.0. The van der Waals surface area contributed by atoms with Crippen molar-refractivity contribution in [2.45, 2.75) is 91.5 Å². The predicted octanol–water partition coefficient (Wildman–Crippen LogP) is 2.01. The maximum absolute atomic E-state index is 13.5. The molecular formula is C29H42O9. The van der Waals surface area contributed by atoms with Gasteiger partial charge in [-0.1, -0.05) is 47.1 Å². The number of rotatable bonds is 5. The van der Waals surface area contributed by atoms with Gasteiger partial charge in [-0.3, -0.25) is 9.59 Å². The summed E-state index contributed by atoms with van der Waals surface area (Å²) in [5, 5.41) is 34.7. The van der Waals surface area contributed by atoms with E-state index in [1.165, 1.54) is 6.08 Å². The molecule has 2 saturated carbocycles. The van der Waals surface area contributed by atoms with Crippen molar-refractivity contribution in [2.75, 3.05) is 6.61 Å². The zero-order chi connectivity index (χ0) is 28.1. The molecule has 9 heteroatoms. The van der Waals surface area contributed by atoms with Crippen LogP contribution in [0.15, 0.2) is 11.6 Å². The molecule has 9 nitrogen and oxygen atoms in total. The van der Waals surface area contributed by atoms with E-state index in [-0.39, 0.29) is 30.8 Å². The van der Waals surface area contributed by atoms with Crippen molar-refractivity contribution in [1.82, 2.24) is 0 Å². The number of aliphatic hydroxyl groups excluding tert-OH is 2. The molecule has 0 radical (unpaired) electrons. The lowest BCUT2D eigenvalue weighted by Crippen LogP contribution is -2.78. The lowest BCUT2D eigenvalue weighted by atomic mass is 9.38. The molecule has 3 N–H and O–H groups in total. The molecule has 38 heavy (non-hydrogen) atoms. The SMILES string of the molecule is CC1=CC(=O)[C@@H](O)[C@]2(C)[C@H]3[C@]4(O)OC[C@]35[C@H]([C@@H](C)[C@H]4O)[C@@H](OC(=O)CC(C(C)C)C(C)C)C(=O)O[C@@H]5C[C@@H]12. The summed E-state index contributed by atoms with van der Waals surface area (Å²) in [5.41, 5.74) is -1.54.